The molecule has 1 heterocycles. The minimum absolute atomic E-state index is 0.426. The molecule has 100 valence electrons. The molecule has 7 nitrogen and oxygen atoms in total. The van der Waals surface area contributed by atoms with Crippen molar-refractivity contribution in [3.63, 3.8) is 0 Å². The maximum absolute atomic E-state index is 10.5. The second-order valence-electron chi connectivity index (χ2n) is 3.63. The van der Waals surface area contributed by atoms with Gasteiger partial charge in [0.2, 0.25) is 0 Å². The first kappa shape index (κ1) is 14.6. The van der Waals surface area contributed by atoms with Crippen LogP contribution in [0, 0.1) is 10.1 Å². The van der Waals surface area contributed by atoms with Gasteiger partial charge in [-0.2, -0.15) is 0 Å². The van der Waals surface area contributed by atoms with Gasteiger partial charge in [0.15, 0.2) is 11.3 Å². The Balaban J connectivity index is 2.70. The molecule has 2 N–H and O–H groups in total. The number of nitrogens with one attached hydrogen (secondary N) is 2. The van der Waals surface area contributed by atoms with Crippen LogP contribution in [0.25, 0.3) is 0 Å². The van der Waals surface area contributed by atoms with E-state index in [2.05, 4.69) is 15.7 Å². The number of halogens is 1. The zero-order valence-electron chi connectivity index (χ0n) is 10.3. The van der Waals surface area contributed by atoms with E-state index in [0.717, 1.165) is 5.56 Å². The summed E-state index contributed by atoms with van der Waals surface area (Å²) in [4.78, 5) is 16.3. The van der Waals surface area contributed by atoms with Gasteiger partial charge in [-0.1, -0.05) is 24.6 Å². The normalized spacial score (nSPS) is 12.4. The molecular formula is C10H16ClN5O2. The molecule has 1 aromatic heterocycles. The van der Waals surface area contributed by atoms with Crippen LogP contribution in [0.5, 0.6) is 0 Å². The maximum Gasteiger partial charge on any atom is 0.192 e. The van der Waals surface area contributed by atoms with Gasteiger partial charge < -0.3 is 0 Å². The van der Waals surface area contributed by atoms with Gasteiger partial charge in [-0.05, 0) is 25.2 Å². The van der Waals surface area contributed by atoms with Gasteiger partial charge >= 0.3 is 0 Å². The van der Waals surface area contributed by atoms with Crippen LogP contribution in [-0.2, 0) is 6.54 Å². The number of pyridine rings is 1. The molecule has 0 spiro atoms. The van der Waals surface area contributed by atoms with E-state index in [0.29, 0.717) is 18.2 Å². The molecule has 0 bridgehead atoms. The van der Waals surface area contributed by atoms with Crippen LogP contribution in [0.2, 0.25) is 5.15 Å². The summed E-state index contributed by atoms with van der Waals surface area (Å²) in [6.45, 7) is 3.11. The van der Waals surface area contributed by atoms with Crippen LogP contribution in [0.4, 0.5) is 0 Å². The average Bonchev–Trinajstić information content (AvgIpc) is 2.35. The van der Waals surface area contributed by atoms with E-state index in [1.165, 1.54) is 0 Å². The smallest absolute Gasteiger partial charge is 0.192 e. The first-order chi connectivity index (χ1) is 8.56. The Morgan fingerprint density at radius 1 is 1.61 bits per heavy atom. The lowest BCUT2D eigenvalue weighted by atomic mass is 10.2. The summed E-state index contributed by atoms with van der Waals surface area (Å²) in [5.41, 5.74) is 3.14. The quantitative estimate of drug-likeness (QED) is 0.332. The molecule has 0 aliphatic rings. The van der Waals surface area contributed by atoms with Crippen molar-refractivity contribution >= 4 is 11.6 Å². The van der Waals surface area contributed by atoms with Crippen LogP contribution in [0.15, 0.2) is 18.3 Å². The highest BCUT2D eigenvalue weighted by Crippen LogP contribution is 2.08. The highest BCUT2D eigenvalue weighted by atomic mass is 35.5. The van der Waals surface area contributed by atoms with Crippen LogP contribution < -0.4 is 10.7 Å². The van der Waals surface area contributed by atoms with Crippen molar-refractivity contribution in [2.45, 2.75) is 19.8 Å². The minimum Gasteiger partial charge on any atom is -0.283 e. The number of nitro groups is 1. The average molecular weight is 274 g/mol. The summed E-state index contributed by atoms with van der Waals surface area (Å²) < 4.78 is 0. The van der Waals surface area contributed by atoms with Gasteiger partial charge in [0.05, 0.1) is 0 Å². The zero-order valence-corrected chi connectivity index (χ0v) is 11.0. The molecule has 0 aliphatic carbocycles. The SMILES string of the molecule is CCN(Cc1ccc(Cl)nc1)C(NC)N[N+](=O)[O-]. The van der Waals surface area contributed by atoms with E-state index in [1.807, 2.05) is 17.9 Å². The van der Waals surface area contributed by atoms with Crippen LogP contribution >= 0.6 is 11.6 Å². The van der Waals surface area contributed by atoms with Crippen molar-refractivity contribution in [1.82, 2.24) is 20.6 Å². The van der Waals surface area contributed by atoms with Crippen molar-refractivity contribution in [3.8, 4) is 0 Å². The second-order valence-corrected chi connectivity index (χ2v) is 4.02. The molecule has 0 saturated carbocycles. The fourth-order valence-electron chi connectivity index (χ4n) is 1.55. The van der Waals surface area contributed by atoms with Gasteiger partial charge in [-0.25, -0.2) is 15.1 Å². The van der Waals surface area contributed by atoms with Gasteiger partial charge in [0.25, 0.3) is 0 Å². The Morgan fingerprint density at radius 3 is 2.78 bits per heavy atom. The molecule has 0 aliphatic heterocycles. The number of hydrazine groups is 1. The standard InChI is InChI=1S/C10H16ClN5O2/c1-3-15(10(12-2)14-16(17)18)7-8-4-5-9(11)13-6-8/h4-6,10,12,14H,3,7H2,1-2H3. The lowest BCUT2D eigenvalue weighted by Crippen LogP contribution is -2.55. The van der Waals surface area contributed by atoms with Crippen molar-refractivity contribution in [3.05, 3.63) is 39.2 Å². The van der Waals surface area contributed by atoms with Crippen LogP contribution in [0.3, 0.4) is 0 Å². The van der Waals surface area contributed by atoms with Gasteiger partial charge in [-0.3, -0.25) is 10.2 Å². The molecule has 1 aromatic rings. The predicted molar refractivity (Wildman–Crippen MR) is 68.3 cm³/mol. The van der Waals surface area contributed by atoms with E-state index in [1.54, 1.807) is 19.3 Å². The van der Waals surface area contributed by atoms with E-state index in [4.69, 9.17) is 11.6 Å². The third kappa shape index (κ3) is 4.44. The monoisotopic (exact) mass is 273 g/mol. The topological polar surface area (TPSA) is 83.3 Å². The Kier molecular flexibility index (Phi) is 5.76. The molecule has 1 atom stereocenters. The molecule has 0 fully saturated rings. The van der Waals surface area contributed by atoms with E-state index >= 15 is 0 Å². The summed E-state index contributed by atoms with van der Waals surface area (Å²) in [6, 6.07) is 3.54. The van der Waals surface area contributed by atoms with Gasteiger partial charge in [-0.15, -0.1) is 5.43 Å². The molecule has 1 unspecified atom stereocenters. The number of rotatable bonds is 7. The lowest BCUT2D eigenvalue weighted by Gasteiger charge is -2.27. The summed E-state index contributed by atoms with van der Waals surface area (Å²) >= 11 is 5.70. The molecule has 0 radical (unpaired) electrons. The lowest BCUT2D eigenvalue weighted by molar-refractivity contribution is -0.557. The van der Waals surface area contributed by atoms with E-state index < -0.39 is 11.3 Å². The molecule has 0 aromatic carbocycles. The Morgan fingerprint density at radius 2 is 2.33 bits per heavy atom. The fraction of sp³-hybridized carbons (Fsp3) is 0.500. The Hall–Kier alpha value is -1.44. The molecule has 8 heteroatoms. The Bertz CT molecular complexity index is 386. The Labute approximate surface area is 110 Å². The molecule has 18 heavy (non-hydrogen) atoms. The van der Waals surface area contributed by atoms with E-state index in [9.17, 15) is 10.1 Å². The summed E-state index contributed by atoms with van der Waals surface area (Å²) in [5, 5.41) is 13.2. The molecule has 0 amide bonds. The molecular weight excluding hydrogens is 258 g/mol. The number of aromatic nitrogens is 1. The third-order valence-corrected chi connectivity index (χ3v) is 2.67. The van der Waals surface area contributed by atoms with Gasteiger partial charge in [0, 0.05) is 12.7 Å². The van der Waals surface area contributed by atoms with Crippen molar-refractivity contribution < 1.29 is 5.03 Å². The van der Waals surface area contributed by atoms with Gasteiger partial charge in [0.1, 0.15) is 5.15 Å². The summed E-state index contributed by atoms with van der Waals surface area (Å²) in [7, 11) is 1.66. The van der Waals surface area contributed by atoms with Crippen molar-refractivity contribution in [2.24, 2.45) is 0 Å². The zero-order chi connectivity index (χ0) is 13.5. The number of nitrogens with zero attached hydrogens (tertiary/aromatic N) is 3. The highest BCUT2D eigenvalue weighted by molar-refractivity contribution is 6.29. The van der Waals surface area contributed by atoms with E-state index in [-0.39, 0.29) is 0 Å². The first-order valence-electron chi connectivity index (χ1n) is 5.49. The fourth-order valence-corrected chi connectivity index (χ4v) is 1.66. The molecule has 0 saturated heterocycles. The minimum atomic E-state index is -0.566. The predicted octanol–water partition coefficient (Wildman–Crippen LogP) is 0.841. The third-order valence-electron chi connectivity index (χ3n) is 2.45. The molecule has 1 rings (SSSR count). The largest absolute Gasteiger partial charge is 0.283 e. The summed E-state index contributed by atoms with van der Waals surface area (Å²) in [5.74, 6) is 0. The second kappa shape index (κ2) is 7.10. The number of hydrogen-bond donors (Lipinski definition) is 2. The summed E-state index contributed by atoms with van der Waals surface area (Å²) in [6.07, 6.45) is 1.12. The van der Waals surface area contributed by atoms with Crippen LogP contribution in [0.1, 0.15) is 12.5 Å². The number of hydrogen-bond acceptors (Lipinski definition) is 5. The maximum atomic E-state index is 10.5. The first-order valence-corrected chi connectivity index (χ1v) is 5.87. The van der Waals surface area contributed by atoms with Crippen LogP contribution in [-0.4, -0.2) is 34.8 Å². The van der Waals surface area contributed by atoms with Crippen molar-refractivity contribution in [1.29, 1.82) is 0 Å². The highest BCUT2D eigenvalue weighted by Gasteiger charge is 2.19. The van der Waals surface area contributed by atoms with Crippen molar-refractivity contribution in [2.75, 3.05) is 13.6 Å².